The minimum atomic E-state index is -0.748. The van der Waals surface area contributed by atoms with Gasteiger partial charge in [-0.3, -0.25) is 4.79 Å². The van der Waals surface area contributed by atoms with Crippen LogP contribution >= 0.6 is 11.6 Å². The van der Waals surface area contributed by atoms with Crippen molar-refractivity contribution in [3.63, 3.8) is 0 Å². The monoisotopic (exact) mass is 268 g/mol. The number of amides is 1. The summed E-state index contributed by atoms with van der Waals surface area (Å²) in [4.78, 5) is 17.9. The lowest BCUT2D eigenvalue weighted by molar-refractivity contribution is 0.0211. The van der Waals surface area contributed by atoms with Gasteiger partial charge in [0.2, 0.25) is 0 Å². The zero-order valence-corrected chi connectivity index (χ0v) is 11.3. The number of halogens is 1. The summed E-state index contributed by atoms with van der Waals surface area (Å²) < 4.78 is 0. The number of carbonyl (C=O) groups excluding carboxylic acids is 1. The van der Waals surface area contributed by atoms with E-state index >= 15 is 0 Å². The van der Waals surface area contributed by atoms with Crippen LogP contribution in [0.1, 0.15) is 30.8 Å². The second kappa shape index (κ2) is 4.86. The van der Waals surface area contributed by atoms with E-state index in [1.165, 1.54) is 6.20 Å². The van der Waals surface area contributed by atoms with Crippen molar-refractivity contribution in [1.82, 2.24) is 9.88 Å². The number of hydrogen-bond acceptors (Lipinski definition) is 3. The molecule has 1 saturated heterocycles. The first-order valence-electron chi connectivity index (χ1n) is 6.01. The molecule has 1 amide bonds. The Morgan fingerprint density at radius 3 is 2.78 bits per heavy atom. The fraction of sp³-hybridized carbons (Fsp3) is 0.538. The fourth-order valence-corrected chi connectivity index (χ4v) is 2.30. The molecule has 1 aliphatic heterocycles. The largest absolute Gasteiger partial charge is 0.390 e. The van der Waals surface area contributed by atoms with E-state index in [1.54, 1.807) is 30.9 Å². The van der Waals surface area contributed by atoms with Gasteiger partial charge >= 0.3 is 0 Å². The Hall–Kier alpha value is -1.13. The van der Waals surface area contributed by atoms with Crippen molar-refractivity contribution in [2.45, 2.75) is 25.9 Å². The van der Waals surface area contributed by atoms with E-state index in [-0.39, 0.29) is 11.8 Å². The summed E-state index contributed by atoms with van der Waals surface area (Å²) in [7, 11) is 0. The maximum absolute atomic E-state index is 12.2. The maximum Gasteiger partial charge on any atom is 0.272 e. The molecule has 1 aromatic heterocycles. The van der Waals surface area contributed by atoms with E-state index in [2.05, 4.69) is 4.98 Å². The molecule has 2 heterocycles. The summed E-state index contributed by atoms with van der Waals surface area (Å²) >= 11 is 5.74. The van der Waals surface area contributed by atoms with Crippen LogP contribution in [0, 0.1) is 5.92 Å². The van der Waals surface area contributed by atoms with Crippen LogP contribution in [0.5, 0.6) is 0 Å². The van der Waals surface area contributed by atoms with Gasteiger partial charge in [-0.15, -0.1) is 0 Å². The highest BCUT2D eigenvalue weighted by molar-refractivity contribution is 6.30. The number of pyridine rings is 1. The van der Waals surface area contributed by atoms with Crippen LogP contribution in [0.4, 0.5) is 0 Å². The lowest BCUT2D eigenvalue weighted by Gasteiger charge is -2.25. The number of hydrogen-bond donors (Lipinski definition) is 1. The third-order valence-corrected chi connectivity index (χ3v) is 3.64. The number of aliphatic hydroxyl groups is 1. The van der Waals surface area contributed by atoms with Crippen molar-refractivity contribution < 1.29 is 9.90 Å². The quantitative estimate of drug-likeness (QED) is 0.892. The van der Waals surface area contributed by atoms with Gasteiger partial charge in [-0.1, -0.05) is 11.6 Å². The predicted octanol–water partition coefficient (Wildman–Crippen LogP) is 1.97. The minimum Gasteiger partial charge on any atom is -0.390 e. The van der Waals surface area contributed by atoms with Crippen LogP contribution < -0.4 is 0 Å². The molecule has 0 saturated carbocycles. The standard InChI is InChI=1S/C13H17ClN2O2/c1-13(2,18)9-5-6-16(8-9)12(17)11-4-3-10(14)7-15-11/h3-4,7,9,18H,5-6,8H2,1-2H3/t9-/m1/s1. The number of nitrogens with zero attached hydrogens (tertiary/aromatic N) is 2. The van der Waals surface area contributed by atoms with Crippen molar-refractivity contribution >= 4 is 17.5 Å². The predicted molar refractivity (Wildman–Crippen MR) is 69.6 cm³/mol. The molecule has 0 radical (unpaired) electrons. The highest BCUT2D eigenvalue weighted by Gasteiger charge is 2.35. The van der Waals surface area contributed by atoms with Crippen LogP contribution in [-0.2, 0) is 0 Å². The molecule has 0 spiro atoms. The van der Waals surface area contributed by atoms with Crippen molar-refractivity contribution in [1.29, 1.82) is 0 Å². The molecule has 0 bridgehead atoms. The van der Waals surface area contributed by atoms with Gasteiger partial charge in [-0.25, -0.2) is 4.98 Å². The summed E-state index contributed by atoms with van der Waals surface area (Å²) in [5, 5.41) is 10.5. The number of carbonyl (C=O) groups is 1. The zero-order valence-electron chi connectivity index (χ0n) is 10.6. The second-order valence-corrected chi connectivity index (χ2v) is 5.69. The molecule has 1 aliphatic rings. The molecule has 1 atom stereocenters. The summed E-state index contributed by atoms with van der Waals surface area (Å²) in [6.45, 7) is 4.81. The van der Waals surface area contributed by atoms with E-state index < -0.39 is 5.60 Å². The van der Waals surface area contributed by atoms with E-state index in [0.29, 0.717) is 23.8 Å². The van der Waals surface area contributed by atoms with Crippen molar-refractivity contribution in [3.05, 3.63) is 29.0 Å². The molecule has 5 heteroatoms. The highest BCUT2D eigenvalue weighted by Crippen LogP contribution is 2.27. The van der Waals surface area contributed by atoms with E-state index in [0.717, 1.165) is 6.42 Å². The average Bonchev–Trinajstić information content (AvgIpc) is 2.78. The van der Waals surface area contributed by atoms with Crippen molar-refractivity contribution in [3.8, 4) is 0 Å². The summed E-state index contributed by atoms with van der Waals surface area (Å²) in [6.07, 6.45) is 2.29. The first-order valence-corrected chi connectivity index (χ1v) is 6.39. The third-order valence-electron chi connectivity index (χ3n) is 3.42. The molecule has 18 heavy (non-hydrogen) atoms. The molecule has 0 unspecified atom stereocenters. The Kier molecular flexibility index (Phi) is 3.59. The van der Waals surface area contributed by atoms with Crippen LogP contribution in [0.3, 0.4) is 0 Å². The SMILES string of the molecule is CC(C)(O)[C@@H]1CCN(C(=O)c2ccc(Cl)cn2)C1. The molecule has 1 fully saturated rings. The van der Waals surface area contributed by atoms with Gasteiger partial charge in [0.1, 0.15) is 5.69 Å². The molecule has 98 valence electrons. The van der Waals surface area contributed by atoms with E-state index in [4.69, 9.17) is 11.6 Å². The van der Waals surface area contributed by atoms with Gasteiger partial charge in [-0.05, 0) is 32.4 Å². The van der Waals surface area contributed by atoms with E-state index in [9.17, 15) is 9.90 Å². The average molecular weight is 269 g/mol. The lowest BCUT2D eigenvalue weighted by Crippen LogP contribution is -2.35. The van der Waals surface area contributed by atoms with Crippen LogP contribution in [0.2, 0.25) is 5.02 Å². The lowest BCUT2D eigenvalue weighted by atomic mass is 9.90. The Labute approximate surface area is 112 Å². The zero-order chi connectivity index (χ0) is 13.3. The van der Waals surface area contributed by atoms with Gasteiger partial charge in [-0.2, -0.15) is 0 Å². The van der Waals surface area contributed by atoms with Gasteiger partial charge in [0, 0.05) is 25.2 Å². The smallest absolute Gasteiger partial charge is 0.272 e. The molecular weight excluding hydrogens is 252 g/mol. The Morgan fingerprint density at radius 2 is 2.28 bits per heavy atom. The number of aromatic nitrogens is 1. The molecular formula is C13H17ClN2O2. The van der Waals surface area contributed by atoms with Crippen LogP contribution in [0.15, 0.2) is 18.3 Å². The fourth-order valence-electron chi connectivity index (χ4n) is 2.19. The highest BCUT2D eigenvalue weighted by atomic mass is 35.5. The first-order chi connectivity index (χ1) is 8.38. The van der Waals surface area contributed by atoms with Crippen molar-refractivity contribution in [2.24, 2.45) is 5.92 Å². The van der Waals surface area contributed by atoms with Gasteiger partial charge in [0.25, 0.3) is 5.91 Å². The Morgan fingerprint density at radius 1 is 1.56 bits per heavy atom. The molecule has 2 rings (SSSR count). The maximum atomic E-state index is 12.2. The van der Waals surface area contributed by atoms with Crippen molar-refractivity contribution in [2.75, 3.05) is 13.1 Å². The number of rotatable bonds is 2. The van der Waals surface area contributed by atoms with Gasteiger partial charge in [0.15, 0.2) is 0 Å². The minimum absolute atomic E-state index is 0.0987. The molecule has 1 N–H and O–H groups in total. The topological polar surface area (TPSA) is 53.4 Å². The Bertz CT molecular complexity index is 439. The van der Waals surface area contributed by atoms with Crippen LogP contribution in [0.25, 0.3) is 0 Å². The van der Waals surface area contributed by atoms with Gasteiger partial charge < -0.3 is 10.0 Å². The van der Waals surface area contributed by atoms with Gasteiger partial charge in [0.05, 0.1) is 10.6 Å². The first kappa shape index (κ1) is 13.3. The third kappa shape index (κ3) is 2.82. The summed E-state index contributed by atoms with van der Waals surface area (Å²) in [5.74, 6) is 0.0205. The Balaban J connectivity index is 2.06. The molecule has 0 aromatic carbocycles. The molecule has 4 nitrogen and oxygen atoms in total. The van der Waals surface area contributed by atoms with E-state index in [1.807, 2.05) is 0 Å². The molecule has 1 aromatic rings. The normalized spacial score (nSPS) is 20.2. The summed E-state index contributed by atoms with van der Waals surface area (Å²) in [6, 6.07) is 3.29. The number of likely N-dealkylation sites (tertiary alicyclic amines) is 1. The second-order valence-electron chi connectivity index (χ2n) is 5.25. The molecule has 0 aliphatic carbocycles. The summed E-state index contributed by atoms with van der Waals surface area (Å²) in [5.41, 5.74) is -0.349. The van der Waals surface area contributed by atoms with Crippen LogP contribution in [-0.4, -0.2) is 39.6 Å².